The van der Waals surface area contributed by atoms with Crippen LogP contribution in [0.5, 0.6) is 0 Å². The highest BCUT2D eigenvalue weighted by molar-refractivity contribution is 9.10. The minimum absolute atomic E-state index is 0.273. The topological polar surface area (TPSA) is 55.0 Å². The lowest BCUT2D eigenvalue weighted by Crippen LogP contribution is -2.00. The van der Waals surface area contributed by atoms with Gasteiger partial charge in [0.25, 0.3) is 0 Å². The van der Waals surface area contributed by atoms with Crippen LogP contribution in [0.15, 0.2) is 10.9 Å². The number of ether oxygens (including phenoxy) is 1. The number of rotatable bonds is 1. The van der Waals surface area contributed by atoms with Crippen LogP contribution in [0.1, 0.15) is 10.5 Å². The van der Waals surface area contributed by atoms with E-state index in [0.29, 0.717) is 4.73 Å². The van der Waals surface area contributed by atoms with Crippen molar-refractivity contribution in [3.8, 4) is 0 Å². The third-order valence-corrected chi connectivity index (χ3v) is 1.35. The molecule has 0 saturated carbocycles. The van der Waals surface area contributed by atoms with Gasteiger partial charge in [0.05, 0.1) is 7.11 Å². The number of hydrogen-bond donors (Lipinski definition) is 1. The van der Waals surface area contributed by atoms with E-state index >= 15 is 0 Å². The van der Waals surface area contributed by atoms with E-state index in [1.54, 1.807) is 0 Å². The van der Waals surface area contributed by atoms with Gasteiger partial charge in [-0.05, 0) is 15.9 Å². The van der Waals surface area contributed by atoms with Gasteiger partial charge in [-0.15, -0.1) is 0 Å². The van der Waals surface area contributed by atoms with Crippen molar-refractivity contribution in [2.24, 2.45) is 0 Å². The van der Waals surface area contributed by atoms with Crippen molar-refractivity contribution in [2.75, 3.05) is 7.11 Å². The summed E-state index contributed by atoms with van der Waals surface area (Å²) >= 11 is 3.06. The molecule has 54 valence electrons. The molecule has 0 unspecified atom stereocenters. The Morgan fingerprint density at radius 2 is 2.60 bits per heavy atom. The Balaban J connectivity index is 2.85. The van der Waals surface area contributed by atoms with Crippen LogP contribution < -0.4 is 0 Å². The summed E-state index contributed by atoms with van der Waals surface area (Å²) in [4.78, 5) is 17.2. The molecular formula is C5H5BrN2O2. The molecule has 0 saturated heterocycles. The molecule has 1 aromatic heterocycles. The Hall–Kier alpha value is -0.840. The van der Waals surface area contributed by atoms with Crippen molar-refractivity contribution in [1.82, 2.24) is 9.97 Å². The second kappa shape index (κ2) is 2.83. The van der Waals surface area contributed by atoms with Crippen molar-refractivity contribution in [2.45, 2.75) is 0 Å². The quantitative estimate of drug-likeness (QED) is 0.694. The standard InChI is InChI=1S/C5H5BrN2O2/c1-10-4(9)3-2-7-5(6)8-3/h2H,1H3,(H,7,8). The molecule has 10 heavy (non-hydrogen) atoms. The molecule has 0 spiro atoms. The summed E-state index contributed by atoms with van der Waals surface area (Å²) in [5.74, 6) is -0.443. The lowest BCUT2D eigenvalue weighted by Gasteiger charge is -1.89. The van der Waals surface area contributed by atoms with Gasteiger partial charge >= 0.3 is 5.97 Å². The summed E-state index contributed by atoms with van der Waals surface area (Å²) in [5.41, 5.74) is 0.273. The second-order valence-corrected chi connectivity index (χ2v) is 2.32. The van der Waals surface area contributed by atoms with Crippen LogP contribution >= 0.6 is 15.9 Å². The molecule has 0 aliphatic rings. The average Bonchev–Trinajstić information content (AvgIpc) is 2.34. The number of nitrogens with one attached hydrogen (secondary N) is 1. The summed E-state index contributed by atoms with van der Waals surface area (Å²) in [7, 11) is 1.31. The molecule has 1 aromatic rings. The second-order valence-electron chi connectivity index (χ2n) is 1.57. The zero-order valence-electron chi connectivity index (χ0n) is 5.22. The Labute approximate surface area is 65.7 Å². The van der Waals surface area contributed by atoms with Gasteiger partial charge in [0, 0.05) is 6.20 Å². The van der Waals surface area contributed by atoms with Crippen LogP contribution in [0.4, 0.5) is 0 Å². The van der Waals surface area contributed by atoms with Gasteiger partial charge in [0.1, 0.15) is 0 Å². The summed E-state index contributed by atoms with van der Waals surface area (Å²) in [6.07, 6.45) is 1.47. The van der Waals surface area contributed by atoms with Crippen LogP contribution in [0.25, 0.3) is 0 Å². The molecule has 0 atom stereocenters. The molecule has 0 aromatic carbocycles. The molecule has 1 rings (SSSR count). The minimum atomic E-state index is -0.443. The largest absolute Gasteiger partial charge is 0.464 e. The predicted molar refractivity (Wildman–Crippen MR) is 37.6 cm³/mol. The van der Waals surface area contributed by atoms with Crippen molar-refractivity contribution in [1.29, 1.82) is 0 Å². The molecule has 1 N–H and O–H groups in total. The molecule has 0 fully saturated rings. The Kier molecular flexibility index (Phi) is 2.06. The SMILES string of the molecule is COC(=O)c1c[nH]c(Br)n1. The lowest BCUT2D eigenvalue weighted by atomic mass is 10.5. The van der Waals surface area contributed by atoms with Crippen LogP contribution in [0.3, 0.4) is 0 Å². The summed E-state index contributed by atoms with van der Waals surface area (Å²) < 4.78 is 4.93. The van der Waals surface area contributed by atoms with Crippen molar-refractivity contribution in [3.63, 3.8) is 0 Å². The third kappa shape index (κ3) is 1.36. The number of aromatic amines is 1. The number of esters is 1. The highest BCUT2D eigenvalue weighted by atomic mass is 79.9. The van der Waals surface area contributed by atoms with Gasteiger partial charge in [-0.2, -0.15) is 0 Å². The van der Waals surface area contributed by atoms with E-state index < -0.39 is 5.97 Å². The molecule has 0 aliphatic heterocycles. The molecule has 0 radical (unpaired) electrons. The lowest BCUT2D eigenvalue weighted by molar-refractivity contribution is 0.0594. The minimum Gasteiger partial charge on any atom is -0.464 e. The molecular weight excluding hydrogens is 200 g/mol. The van der Waals surface area contributed by atoms with Crippen LogP contribution in [-0.4, -0.2) is 23.0 Å². The molecule has 4 nitrogen and oxygen atoms in total. The Morgan fingerprint density at radius 1 is 1.90 bits per heavy atom. The first-order valence-electron chi connectivity index (χ1n) is 2.53. The van der Waals surface area contributed by atoms with Gasteiger partial charge < -0.3 is 9.72 Å². The van der Waals surface area contributed by atoms with Gasteiger partial charge in [-0.25, -0.2) is 9.78 Å². The average molecular weight is 205 g/mol. The third-order valence-electron chi connectivity index (χ3n) is 0.941. The fraction of sp³-hybridized carbons (Fsp3) is 0.200. The van der Waals surface area contributed by atoms with E-state index in [1.165, 1.54) is 13.3 Å². The van der Waals surface area contributed by atoms with Crippen molar-refractivity contribution in [3.05, 3.63) is 16.6 Å². The summed E-state index contributed by atoms with van der Waals surface area (Å²) in [5, 5.41) is 0. The first-order valence-corrected chi connectivity index (χ1v) is 3.32. The Morgan fingerprint density at radius 3 is 3.00 bits per heavy atom. The van der Waals surface area contributed by atoms with E-state index in [2.05, 4.69) is 30.6 Å². The fourth-order valence-corrected chi connectivity index (χ4v) is 0.813. The highest BCUT2D eigenvalue weighted by Crippen LogP contribution is 2.03. The van der Waals surface area contributed by atoms with Gasteiger partial charge in [-0.3, -0.25) is 0 Å². The fourth-order valence-electron chi connectivity index (χ4n) is 0.507. The number of halogens is 1. The first kappa shape index (κ1) is 7.27. The first-order chi connectivity index (χ1) is 4.74. The number of carbonyl (C=O) groups excluding carboxylic acids is 1. The van der Waals surface area contributed by atoms with E-state index in [9.17, 15) is 4.79 Å². The zero-order valence-corrected chi connectivity index (χ0v) is 6.81. The molecule has 0 aliphatic carbocycles. The number of methoxy groups -OCH3 is 1. The molecule has 0 amide bonds. The normalized spacial score (nSPS) is 9.40. The number of hydrogen-bond acceptors (Lipinski definition) is 3. The van der Waals surface area contributed by atoms with Crippen molar-refractivity contribution < 1.29 is 9.53 Å². The maximum absolute atomic E-state index is 10.7. The van der Waals surface area contributed by atoms with Crippen LogP contribution in [0.2, 0.25) is 0 Å². The molecule has 0 bridgehead atoms. The van der Waals surface area contributed by atoms with Gasteiger partial charge in [-0.1, -0.05) is 0 Å². The predicted octanol–water partition coefficient (Wildman–Crippen LogP) is 0.959. The maximum atomic E-state index is 10.7. The van der Waals surface area contributed by atoms with Gasteiger partial charge in [0.2, 0.25) is 0 Å². The number of H-pyrrole nitrogens is 1. The van der Waals surface area contributed by atoms with Crippen LogP contribution in [0, 0.1) is 0 Å². The van der Waals surface area contributed by atoms with E-state index in [1.807, 2.05) is 0 Å². The highest BCUT2D eigenvalue weighted by Gasteiger charge is 2.07. The smallest absolute Gasteiger partial charge is 0.358 e. The van der Waals surface area contributed by atoms with Gasteiger partial charge in [0.15, 0.2) is 10.4 Å². The summed E-state index contributed by atoms with van der Waals surface area (Å²) in [6, 6.07) is 0. The number of carbonyl (C=O) groups is 1. The van der Waals surface area contributed by atoms with E-state index in [0.717, 1.165) is 0 Å². The molecule has 1 heterocycles. The zero-order chi connectivity index (χ0) is 7.56. The number of nitrogens with zero attached hydrogens (tertiary/aromatic N) is 1. The number of imidazole rings is 1. The van der Waals surface area contributed by atoms with E-state index in [4.69, 9.17) is 0 Å². The maximum Gasteiger partial charge on any atom is 0.358 e. The Bertz CT molecular complexity index is 246. The van der Waals surface area contributed by atoms with Crippen LogP contribution in [-0.2, 0) is 4.74 Å². The van der Waals surface area contributed by atoms with E-state index in [-0.39, 0.29) is 5.69 Å². The number of aromatic nitrogens is 2. The monoisotopic (exact) mass is 204 g/mol. The molecule has 5 heteroatoms. The summed E-state index contributed by atoms with van der Waals surface area (Å²) in [6.45, 7) is 0. The van der Waals surface area contributed by atoms with Crippen molar-refractivity contribution >= 4 is 21.9 Å².